The summed E-state index contributed by atoms with van der Waals surface area (Å²) >= 11 is 6.36. The molecule has 0 spiro atoms. The number of carbonyl (C=O) groups excluding carboxylic acids is 1. The zero-order chi connectivity index (χ0) is 15.9. The first-order valence-electron chi connectivity index (χ1n) is 7.98. The summed E-state index contributed by atoms with van der Waals surface area (Å²) in [6, 6.07) is 0. The minimum absolute atomic E-state index is 0.307. The first-order valence-corrected chi connectivity index (χ1v) is 8.36. The molecule has 0 aromatic carbocycles. The van der Waals surface area contributed by atoms with Crippen molar-refractivity contribution < 1.29 is 19.0 Å². The second-order valence-corrected chi connectivity index (χ2v) is 6.98. The van der Waals surface area contributed by atoms with Gasteiger partial charge in [-0.25, -0.2) is 4.79 Å². The molecule has 22 heavy (non-hydrogen) atoms. The number of rotatable bonds is 2. The van der Waals surface area contributed by atoms with Crippen molar-refractivity contribution in [3.8, 4) is 0 Å². The van der Waals surface area contributed by atoms with E-state index in [0.717, 1.165) is 18.4 Å². The fourth-order valence-electron chi connectivity index (χ4n) is 3.81. The number of carbonyl (C=O) groups is 1. The minimum Gasteiger partial charge on any atom is -0.465 e. The summed E-state index contributed by atoms with van der Waals surface area (Å²) in [5.74, 6) is -0.633. The number of fused-ring (bicyclic) bond motifs is 1. The lowest BCUT2D eigenvalue weighted by Gasteiger charge is -2.35. The van der Waals surface area contributed by atoms with Gasteiger partial charge in [-0.2, -0.15) is 0 Å². The Kier molecular flexibility index (Phi) is 4.36. The van der Waals surface area contributed by atoms with E-state index in [1.807, 2.05) is 13.8 Å². The van der Waals surface area contributed by atoms with Crippen molar-refractivity contribution >= 4 is 17.6 Å². The summed E-state index contributed by atoms with van der Waals surface area (Å²) in [5.41, 5.74) is 1.31. The number of ether oxygens (including phenoxy) is 3. The maximum atomic E-state index is 11.9. The van der Waals surface area contributed by atoms with Gasteiger partial charge in [0.05, 0.1) is 17.7 Å². The Morgan fingerprint density at radius 2 is 1.91 bits per heavy atom. The molecule has 3 aliphatic rings. The molecule has 0 aromatic rings. The van der Waals surface area contributed by atoms with Crippen LogP contribution in [0.15, 0.2) is 22.3 Å². The fraction of sp³-hybridized carbons (Fsp3) is 0.706. The monoisotopic (exact) mass is 326 g/mol. The fourth-order valence-corrected chi connectivity index (χ4v) is 4.08. The Balaban J connectivity index is 1.87. The molecule has 1 aliphatic heterocycles. The molecular weight excluding hydrogens is 304 g/mol. The van der Waals surface area contributed by atoms with Gasteiger partial charge in [0.15, 0.2) is 5.79 Å². The van der Waals surface area contributed by atoms with E-state index in [4.69, 9.17) is 25.8 Å². The summed E-state index contributed by atoms with van der Waals surface area (Å²) in [5, 5.41) is 0.510. The van der Waals surface area contributed by atoms with Crippen LogP contribution in [0.4, 0.5) is 0 Å². The van der Waals surface area contributed by atoms with Gasteiger partial charge in [-0.05, 0) is 38.3 Å². The van der Waals surface area contributed by atoms with Crippen LogP contribution in [0.3, 0.4) is 0 Å². The van der Waals surface area contributed by atoms with Crippen molar-refractivity contribution in [3.05, 3.63) is 22.3 Å². The van der Waals surface area contributed by atoms with Crippen LogP contribution in [0.2, 0.25) is 0 Å². The molecule has 4 nitrogen and oxygen atoms in total. The third-order valence-electron chi connectivity index (χ3n) is 5.15. The van der Waals surface area contributed by atoms with Gasteiger partial charge < -0.3 is 14.2 Å². The molecule has 1 saturated carbocycles. The summed E-state index contributed by atoms with van der Waals surface area (Å²) in [7, 11) is 1.37. The molecule has 5 heteroatoms. The second-order valence-electron chi connectivity index (χ2n) is 6.55. The third kappa shape index (κ3) is 2.61. The van der Waals surface area contributed by atoms with Crippen molar-refractivity contribution in [2.45, 2.75) is 63.9 Å². The Morgan fingerprint density at radius 3 is 2.55 bits per heavy atom. The van der Waals surface area contributed by atoms with E-state index in [0.29, 0.717) is 16.5 Å². The molecule has 3 rings (SSSR count). The van der Waals surface area contributed by atoms with Crippen molar-refractivity contribution in [1.82, 2.24) is 0 Å². The van der Waals surface area contributed by atoms with Crippen LogP contribution in [-0.2, 0) is 19.0 Å². The van der Waals surface area contributed by atoms with Crippen LogP contribution in [-0.4, -0.2) is 31.1 Å². The molecule has 3 atom stereocenters. The lowest BCUT2D eigenvalue weighted by molar-refractivity contribution is -0.199. The third-order valence-corrected chi connectivity index (χ3v) is 5.48. The minimum atomic E-state index is -0.628. The molecule has 0 amide bonds. The predicted molar refractivity (Wildman–Crippen MR) is 83.4 cm³/mol. The highest BCUT2D eigenvalue weighted by Crippen LogP contribution is 2.47. The SMILES string of the molecule is COC(=O)C1=C(C)C2O[C@](C)(C3CCCCC3)OC2C(Cl)=C1. The first kappa shape index (κ1) is 16.0. The topological polar surface area (TPSA) is 44.8 Å². The Hall–Kier alpha value is -0.840. The van der Waals surface area contributed by atoms with E-state index in [-0.39, 0.29) is 18.2 Å². The number of hydrogen-bond donors (Lipinski definition) is 0. The van der Waals surface area contributed by atoms with Crippen LogP contribution >= 0.6 is 11.6 Å². The standard InChI is InChI=1S/C17H23ClO4/c1-10-12(16(19)20-3)9-13(18)15-14(10)21-17(2,22-15)11-7-5-4-6-8-11/h9,11,14-15H,4-8H2,1-3H3/t14?,15?,17-/m0/s1. The molecule has 2 aliphatic carbocycles. The number of halogens is 1. The van der Waals surface area contributed by atoms with Crippen LogP contribution in [0.5, 0.6) is 0 Å². The number of methoxy groups -OCH3 is 1. The highest BCUT2D eigenvalue weighted by Gasteiger charge is 2.52. The molecule has 122 valence electrons. The summed E-state index contributed by atoms with van der Waals surface area (Å²) < 4.78 is 17.3. The molecule has 0 radical (unpaired) electrons. The van der Waals surface area contributed by atoms with Gasteiger partial charge >= 0.3 is 5.97 Å². The van der Waals surface area contributed by atoms with E-state index in [1.165, 1.54) is 26.4 Å². The van der Waals surface area contributed by atoms with Crippen molar-refractivity contribution in [2.75, 3.05) is 7.11 Å². The average molecular weight is 327 g/mol. The molecule has 2 unspecified atom stereocenters. The van der Waals surface area contributed by atoms with E-state index in [2.05, 4.69) is 0 Å². The molecule has 1 heterocycles. The zero-order valence-corrected chi connectivity index (χ0v) is 14.1. The van der Waals surface area contributed by atoms with Crippen LogP contribution < -0.4 is 0 Å². The summed E-state index contributed by atoms with van der Waals surface area (Å²) in [4.78, 5) is 11.9. The molecule has 0 bridgehead atoms. The quantitative estimate of drug-likeness (QED) is 0.726. The summed E-state index contributed by atoms with van der Waals surface area (Å²) in [6.45, 7) is 3.90. The van der Waals surface area contributed by atoms with Gasteiger partial charge in [-0.15, -0.1) is 0 Å². The lowest BCUT2D eigenvalue weighted by atomic mass is 9.84. The number of esters is 1. The van der Waals surface area contributed by atoms with Crippen LogP contribution in [0.25, 0.3) is 0 Å². The Morgan fingerprint density at radius 1 is 1.27 bits per heavy atom. The lowest BCUT2D eigenvalue weighted by Crippen LogP contribution is -2.38. The normalized spacial score (nSPS) is 36.1. The van der Waals surface area contributed by atoms with E-state index < -0.39 is 5.79 Å². The molecule has 0 aromatic heterocycles. The molecular formula is C17H23ClO4. The van der Waals surface area contributed by atoms with E-state index >= 15 is 0 Å². The predicted octanol–water partition coefficient (Wildman–Crippen LogP) is 3.69. The van der Waals surface area contributed by atoms with Gasteiger partial charge in [0.25, 0.3) is 0 Å². The zero-order valence-electron chi connectivity index (χ0n) is 13.4. The Labute approximate surface area is 136 Å². The van der Waals surface area contributed by atoms with Gasteiger partial charge in [0.2, 0.25) is 0 Å². The maximum Gasteiger partial charge on any atom is 0.337 e. The Bertz CT molecular complexity index is 533. The molecule has 1 saturated heterocycles. The van der Waals surface area contributed by atoms with Gasteiger partial charge in [0, 0.05) is 5.92 Å². The van der Waals surface area contributed by atoms with E-state index in [9.17, 15) is 4.79 Å². The number of hydrogen-bond acceptors (Lipinski definition) is 4. The van der Waals surface area contributed by atoms with Crippen LogP contribution in [0, 0.1) is 5.92 Å². The second kappa shape index (κ2) is 5.99. The van der Waals surface area contributed by atoms with Gasteiger partial charge in [-0.1, -0.05) is 30.9 Å². The highest BCUT2D eigenvalue weighted by atomic mass is 35.5. The summed E-state index contributed by atoms with van der Waals surface area (Å²) in [6.07, 6.45) is 6.97. The van der Waals surface area contributed by atoms with Crippen molar-refractivity contribution in [1.29, 1.82) is 0 Å². The first-order chi connectivity index (χ1) is 10.5. The van der Waals surface area contributed by atoms with Crippen molar-refractivity contribution in [2.24, 2.45) is 5.92 Å². The maximum absolute atomic E-state index is 11.9. The smallest absolute Gasteiger partial charge is 0.337 e. The largest absolute Gasteiger partial charge is 0.465 e. The molecule has 2 fully saturated rings. The van der Waals surface area contributed by atoms with Gasteiger partial charge in [-0.3, -0.25) is 0 Å². The van der Waals surface area contributed by atoms with Crippen molar-refractivity contribution in [3.63, 3.8) is 0 Å². The van der Waals surface area contributed by atoms with E-state index in [1.54, 1.807) is 6.08 Å². The molecule has 0 N–H and O–H groups in total. The highest BCUT2D eigenvalue weighted by molar-refractivity contribution is 6.31. The average Bonchev–Trinajstić information content (AvgIpc) is 2.91. The van der Waals surface area contributed by atoms with Gasteiger partial charge in [0.1, 0.15) is 12.2 Å². The van der Waals surface area contributed by atoms with Crippen LogP contribution in [0.1, 0.15) is 46.0 Å².